The Balaban J connectivity index is 2.22. The van der Waals surface area contributed by atoms with Crippen molar-refractivity contribution >= 4 is 45.0 Å². The smallest absolute Gasteiger partial charge is 0.411 e. The van der Waals surface area contributed by atoms with Gasteiger partial charge in [-0.05, 0) is 45.4 Å². The second-order valence-corrected chi connectivity index (χ2v) is 12.4. The molecule has 0 bridgehead atoms. The van der Waals surface area contributed by atoms with Gasteiger partial charge in [0, 0.05) is 23.8 Å². The number of aromatic nitrogens is 2. The molecule has 0 aliphatic carbocycles. The van der Waals surface area contributed by atoms with E-state index < -0.39 is 57.5 Å². The van der Waals surface area contributed by atoms with Gasteiger partial charge in [0.05, 0.1) is 12.2 Å². The number of rotatable bonds is 8. The molecule has 1 aliphatic rings. The molecule has 0 saturated carbocycles. The molecule has 1 atom stereocenters. The Morgan fingerprint density at radius 1 is 1.26 bits per heavy atom. The van der Waals surface area contributed by atoms with Crippen LogP contribution in [0.15, 0.2) is 29.3 Å². The Hall–Kier alpha value is -3.20. The molecule has 1 aromatic heterocycles. The fourth-order valence-corrected chi connectivity index (χ4v) is 6.01. The highest BCUT2D eigenvalue weighted by Crippen LogP contribution is 2.45. The van der Waals surface area contributed by atoms with Gasteiger partial charge in [-0.25, -0.2) is 8.42 Å². The van der Waals surface area contributed by atoms with Gasteiger partial charge >= 0.3 is 6.18 Å². The van der Waals surface area contributed by atoms with Crippen LogP contribution in [0.3, 0.4) is 0 Å². The van der Waals surface area contributed by atoms with Crippen LogP contribution in [0.1, 0.15) is 41.0 Å². The predicted molar refractivity (Wildman–Crippen MR) is 134 cm³/mol. The van der Waals surface area contributed by atoms with Crippen LogP contribution in [0, 0.1) is 5.41 Å². The first kappa shape index (κ1) is 30.3. The van der Waals surface area contributed by atoms with E-state index in [2.05, 4.69) is 5.10 Å². The monoisotopic (exact) mass is 594 g/mol. The van der Waals surface area contributed by atoms with Gasteiger partial charge in [-0.15, -0.1) is 0 Å². The van der Waals surface area contributed by atoms with Gasteiger partial charge in [0.25, 0.3) is 10.0 Å². The van der Waals surface area contributed by atoms with Crippen LogP contribution >= 0.6 is 11.6 Å². The normalized spacial score (nSPS) is 16.4. The Bertz CT molecular complexity index is 1390. The number of primary amides is 1. The number of amides is 2. The van der Waals surface area contributed by atoms with Crippen LogP contribution in [0.25, 0.3) is 0 Å². The standard InChI is InChI=1S/C23H29ClF3N5O6S/c1-6-30-12-17(18(24)29-30)39(36,37)31-11-14(10-21(2,3)19(28)33)38-16-8-7-13(9-15(16)31)32(20(34)35)22(4,5)23(25,26)27/h7-9,12,14H,6,10-11H2,1-5H3,(H2,28,33)(H,34,35)/p-1/t14-/m0/s1. The number of fused-ring (bicyclic) bond motifs is 1. The van der Waals surface area contributed by atoms with Crippen molar-refractivity contribution in [3.05, 3.63) is 29.5 Å². The zero-order valence-electron chi connectivity index (χ0n) is 21.7. The molecule has 1 aromatic carbocycles. The molecule has 0 unspecified atom stereocenters. The number of carbonyl (C=O) groups excluding carboxylic acids is 2. The van der Waals surface area contributed by atoms with E-state index in [-0.39, 0.29) is 32.8 Å². The van der Waals surface area contributed by atoms with Gasteiger partial charge in [0.1, 0.15) is 28.4 Å². The number of nitrogens with zero attached hydrogens (tertiary/aromatic N) is 4. The highest BCUT2D eigenvalue weighted by molar-refractivity contribution is 7.93. The average Bonchev–Trinajstić information content (AvgIpc) is 3.18. The van der Waals surface area contributed by atoms with E-state index in [1.807, 2.05) is 0 Å². The largest absolute Gasteiger partial charge is 0.530 e. The summed E-state index contributed by atoms with van der Waals surface area (Å²) < 4.78 is 77.1. The van der Waals surface area contributed by atoms with E-state index in [9.17, 15) is 36.3 Å². The van der Waals surface area contributed by atoms with E-state index in [4.69, 9.17) is 22.1 Å². The minimum absolute atomic E-state index is 0.0101. The molecule has 2 aromatic rings. The highest BCUT2D eigenvalue weighted by atomic mass is 35.5. The van der Waals surface area contributed by atoms with Gasteiger partial charge in [-0.2, -0.15) is 18.3 Å². The molecule has 0 spiro atoms. The molecular weight excluding hydrogens is 567 g/mol. The van der Waals surface area contributed by atoms with Gasteiger partial charge in [0.2, 0.25) is 5.91 Å². The van der Waals surface area contributed by atoms with Crippen molar-refractivity contribution in [3.63, 3.8) is 0 Å². The van der Waals surface area contributed by atoms with E-state index >= 15 is 0 Å². The van der Waals surface area contributed by atoms with Crippen molar-refractivity contribution in [2.75, 3.05) is 15.7 Å². The van der Waals surface area contributed by atoms with Crippen molar-refractivity contribution in [1.29, 1.82) is 0 Å². The molecule has 0 radical (unpaired) electrons. The van der Waals surface area contributed by atoms with E-state index in [0.29, 0.717) is 20.4 Å². The first-order chi connectivity index (χ1) is 17.7. The third-order valence-electron chi connectivity index (χ3n) is 6.55. The molecule has 2 amide bonds. The summed E-state index contributed by atoms with van der Waals surface area (Å²) in [7, 11) is -4.51. The molecule has 216 valence electrons. The minimum Gasteiger partial charge on any atom is -0.530 e. The number of anilines is 2. The number of carboxylic acid groups (broad SMARTS) is 1. The summed E-state index contributed by atoms with van der Waals surface area (Å²) in [6.07, 6.45) is -6.89. The maximum absolute atomic E-state index is 13.8. The van der Waals surface area contributed by atoms with E-state index in [1.165, 1.54) is 10.9 Å². The maximum Gasteiger partial charge on any atom is 0.411 e. The van der Waals surface area contributed by atoms with Crippen molar-refractivity contribution < 1.29 is 41.0 Å². The average molecular weight is 595 g/mol. The lowest BCUT2D eigenvalue weighted by atomic mass is 9.85. The number of ether oxygens (including phenoxy) is 1. The first-order valence-electron chi connectivity index (χ1n) is 11.7. The summed E-state index contributed by atoms with van der Waals surface area (Å²) >= 11 is 6.12. The quantitative estimate of drug-likeness (QED) is 0.493. The summed E-state index contributed by atoms with van der Waals surface area (Å²) in [6, 6.07) is 3.14. The fraction of sp³-hybridized carbons (Fsp3) is 0.522. The van der Waals surface area contributed by atoms with Gasteiger partial charge in [-0.3, -0.25) is 13.8 Å². The molecule has 39 heavy (non-hydrogen) atoms. The predicted octanol–water partition coefficient (Wildman–Crippen LogP) is 2.90. The molecule has 0 fully saturated rings. The molecule has 2 N–H and O–H groups in total. The number of hydrogen-bond acceptors (Lipinski definition) is 7. The second-order valence-electron chi connectivity index (χ2n) is 10.2. The topological polar surface area (TPSA) is 151 Å². The van der Waals surface area contributed by atoms with E-state index in [1.54, 1.807) is 20.8 Å². The fourth-order valence-electron chi connectivity index (χ4n) is 4.06. The van der Waals surface area contributed by atoms with Gasteiger partial charge in [-0.1, -0.05) is 25.4 Å². The third kappa shape index (κ3) is 5.60. The van der Waals surface area contributed by atoms with Crippen molar-refractivity contribution in [2.24, 2.45) is 11.1 Å². The lowest BCUT2D eigenvalue weighted by Gasteiger charge is -2.42. The van der Waals surface area contributed by atoms with E-state index in [0.717, 1.165) is 22.5 Å². The SMILES string of the molecule is CCn1cc(S(=O)(=O)N2C[C@H](CC(C)(C)C(N)=O)Oc3ccc(N(C(=O)[O-])C(C)(C)C(F)(F)F)cc32)c(Cl)n1. The van der Waals surface area contributed by atoms with Crippen LogP contribution in [-0.2, 0) is 21.4 Å². The molecule has 2 heterocycles. The van der Waals surface area contributed by atoms with Crippen molar-refractivity contribution in [1.82, 2.24) is 9.78 Å². The first-order valence-corrected chi connectivity index (χ1v) is 13.5. The van der Waals surface area contributed by atoms with Crippen LogP contribution < -0.4 is 24.8 Å². The zero-order chi connectivity index (χ0) is 29.7. The lowest BCUT2D eigenvalue weighted by Crippen LogP contribution is -2.60. The number of aryl methyl sites for hydroxylation is 1. The van der Waals surface area contributed by atoms with Gasteiger partial charge < -0.3 is 25.3 Å². The van der Waals surface area contributed by atoms with Crippen LogP contribution in [0.2, 0.25) is 5.15 Å². The number of halogens is 4. The number of benzene rings is 1. The number of hydrogen-bond donors (Lipinski definition) is 1. The minimum atomic E-state index is -5.00. The summed E-state index contributed by atoms with van der Waals surface area (Å²) in [5.74, 6) is -0.742. The number of carbonyl (C=O) groups is 2. The maximum atomic E-state index is 13.8. The zero-order valence-corrected chi connectivity index (χ0v) is 23.3. The van der Waals surface area contributed by atoms with Crippen LogP contribution in [0.5, 0.6) is 5.75 Å². The molecular formula is C23H28ClF3N5O6S-. The summed E-state index contributed by atoms with van der Waals surface area (Å²) in [6.45, 7) is 6.00. The molecule has 1 aliphatic heterocycles. The summed E-state index contributed by atoms with van der Waals surface area (Å²) in [5, 5.41) is 15.5. The number of alkyl halides is 3. The molecule has 0 saturated heterocycles. The van der Waals surface area contributed by atoms with Gasteiger partial charge in [0.15, 0.2) is 5.15 Å². The summed E-state index contributed by atoms with van der Waals surface area (Å²) in [4.78, 5) is 23.4. The van der Waals surface area contributed by atoms with Crippen molar-refractivity contribution in [3.8, 4) is 5.75 Å². The molecule has 16 heteroatoms. The van der Waals surface area contributed by atoms with Crippen molar-refractivity contribution in [2.45, 2.75) is 70.3 Å². The Kier molecular flexibility index (Phi) is 7.84. The summed E-state index contributed by atoms with van der Waals surface area (Å²) in [5.41, 5.74) is 0.684. The van der Waals surface area contributed by atoms with Crippen LogP contribution in [-0.4, -0.2) is 54.6 Å². The Morgan fingerprint density at radius 2 is 1.87 bits per heavy atom. The second kappa shape index (κ2) is 10.1. The molecule has 11 nitrogen and oxygen atoms in total. The third-order valence-corrected chi connectivity index (χ3v) is 8.72. The van der Waals surface area contributed by atoms with Crippen LogP contribution in [0.4, 0.5) is 29.3 Å². The molecule has 3 rings (SSSR count). The highest BCUT2D eigenvalue weighted by Gasteiger charge is 2.52. The number of sulfonamides is 1. The number of nitrogens with two attached hydrogens (primary N) is 1. The lowest BCUT2D eigenvalue weighted by molar-refractivity contribution is -0.254. The Morgan fingerprint density at radius 3 is 2.36 bits per heavy atom. The Labute approximate surface area is 228 Å².